The lowest BCUT2D eigenvalue weighted by Gasteiger charge is -2.02. The number of phenolic OH excluding ortho intramolecular Hbond substituents is 1. The van der Waals surface area contributed by atoms with Gasteiger partial charge in [0.15, 0.2) is 0 Å². The topological polar surface area (TPSA) is 78.8 Å². The van der Waals surface area contributed by atoms with E-state index in [1.54, 1.807) is 24.3 Å². The Morgan fingerprint density at radius 3 is 2.38 bits per heavy atom. The lowest BCUT2D eigenvalue weighted by molar-refractivity contribution is -0.125. The summed E-state index contributed by atoms with van der Waals surface area (Å²) in [5, 5.41) is 12.9. The molecule has 5 nitrogen and oxygen atoms in total. The molecule has 6 heteroatoms. The lowest BCUT2D eigenvalue weighted by Crippen LogP contribution is -2.18. The van der Waals surface area contributed by atoms with Gasteiger partial charge in [-0.05, 0) is 47.5 Å². The summed E-state index contributed by atoms with van der Waals surface area (Å²) in [6, 6.07) is 12.0. The molecule has 0 aromatic heterocycles. The van der Waals surface area contributed by atoms with E-state index in [0.717, 1.165) is 5.56 Å². The SMILES string of the molecule is O=C(CCC(=O)N/N=C/c1ccc(O)cc1)Cc1ccc(F)cc1. The van der Waals surface area contributed by atoms with Gasteiger partial charge >= 0.3 is 0 Å². The van der Waals surface area contributed by atoms with Gasteiger partial charge in [-0.2, -0.15) is 5.10 Å². The summed E-state index contributed by atoms with van der Waals surface area (Å²) in [6.45, 7) is 0. The molecule has 0 aliphatic carbocycles. The van der Waals surface area contributed by atoms with Gasteiger partial charge in [0.05, 0.1) is 6.21 Å². The lowest BCUT2D eigenvalue weighted by atomic mass is 10.1. The summed E-state index contributed by atoms with van der Waals surface area (Å²) in [6.07, 6.45) is 1.74. The van der Waals surface area contributed by atoms with E-state index < -0.39 is 0 Å². The molecule has 0 aliphatic rings. The molecule has 124 valence electrons. The Morgan fingerprint density at radius 2 is 1.71 bits per heavy atom. The molecule has 0 bridgehead atoms. The Balaban J connectivity index is 1.71. The molecule has 0 aliphatic heterocycles. The van der Waals surface area contributed by atoms with Crippen LogP contribution in [0.15, 0.2) is 53.6 Å². The molecule has 1 amide bonds. The molecule has 0 saturated carbocycles. The molecule has 24 heavy (non-hydrogen) atoms. The van der Waals surface area contributed by atoms with Gasteiger partial charge in [-0.1, -0.05) is 12.1 Å². The van der Waals surface area contributed by atoms with Crippen LogP contribution >= 0.6 is 0 Å². The van der Waals surface area contributed by atoms with Crippen molar-refractivity contribution in [1.29, 1.82) is 0 Å². The number of hydrazone groups is 1. The number of rotatable bonds is 7. The molecule has 0 radical (unpaired) electrons. The monoisotopic (exact) mass is 328 g/mol. The highest BCUT2D eigenvalue weighted by molar-refractivity contribution is 5.87. The quantitative estimate of drug-likeness (QED) is 0.606. The predicted molar refractivity (Wildman–Crippen MR) is 88.2 cm³/mol. The fourth-order valence-electron chi connectivity index (χ4n) is 1.97. The van der Waals surface area contributed by atoms with Gasteiger partial charge in [-0.15, -0.1) is 0 Å². The molecule has 0 atom stereocenters. The second kappa shape index (κ2) is 8.57. The van der Waals surface area contributed by atoms with Crippen molar-refractivity contribution >= 4 is 17.9 Å². The number of hydrogen-bond acceptors (Lipinski definition) is 4. The number of hydrogen-bond donors (Lipinski definition) is 2. The van der Waals surface area contributed by atoms with Crippen molar-refractivity contribution in [3.63, 3.8) is 0 Å². The number of Topliss-reactive ketones (excluding diaryl/α,β-unsaturated/α-hetero) is 1. The first-order valence-electron chi connectivity index (χ1n) is 7.40. The van der Waals surface area contributed by atoms with Crippen molar-refractivity contribution in [2.24, 2.45) is 5.10 Å². The van der Waals surface area contributed by atoms with Gasteiger partial charge in [0.2, 0.25) is 5.91 Å². The van der Waals surface area contributed by atoms with Crippen LogP contribution in [-0.2, 0) is 16.0 Å². The normalized spacial score (nSPS) is 10.7. The Labute approximate surface area is 138 Å². The molecule has 2 aromatic carbocycles. The zero-order valence-electron chi connectivity index (χ0n) is 12.9. The van der Waals surface area contributed by atoms with Crippen LogP contribution in [0.4, 0.5) is 4.39 Å². The maximum atomic E-state index is 12.8. The van der Waals surface area contributed by atoms with E-state index in [4.69, 9.17) is 5.11 Å². The second-order valence-corrected chi connectivity index (χ2v) is 5.23. The third kappa shape index (κ3) is 6.00. The number of halogens is 1. The molecular formula is C18H17FN2O3. The number of carbonyl (C=O) groups is 2. The standard InChI is InChI=1S/C18H17FN2O3/c19-15-5-1-13(2-6-15)11-17(23)9-10-18(24)21-20-12-14-3-7-16(22)8-4-14/h1-8,12,22H,9-11H2,(H,21,24)/b20-12+. The van der Waals surface area contributed by atoms with Crippen LogP contribution in [0.1, 0.15) is 24.0 Å². The van der Waals surface area contributed by atoms with E-state index >= 15 is 0 Å². The molecule has 2 aromatic rings. The van der Waals surface area contributed by atoms with Crippen molar-refractivity contribution in [1.82, 2.24) is 5.43 Å². The third-order valence-electron chi connectivity index (χ3n) is 3.24. The molecule has 2 rings (SSSR count). The van der Waals surface area contributed by atoms with Crippen molar-refractivity contribution in [3.8, 4) is 5.75 Å². The number of amides is 1. The number of benzene rings is 2. The van der Waals surface area contributed by atoms with E-state index in [-0.39, 0.29) is 42.5 Å². The highest BCUT2D eigenvalue weighted by Crippen LogP contribution is 2.08. The Morgan fingerprint density at radius 1 is 1.04 bits per heavy atom. The van der Waals surface area contributed by atoms with E-state index in [1.165, 1.54) is 30.5 Å². The highest BCUT2D eigenvalue weighted by Gasteiger charge is 2.07. The predicted octanol–water partition coefficient (Wildman–Crippen LogP) is 2.57. The van der Waals surface area contributed by atoms with Crippen LogP contribution in [0.5, 0.6) is 5.75 Å². The molecule has 0 unspecified atom stereocenters. The van der Waals surface area contributed by atoms with Crippen LogP contribution in [0.2, 0.25) is 0 Å². The van der Waals surface area contributed by atoms with Gasteiger partial charge in [-0.25, -0.2) is 9.82 Å². The van der Waals surface area contributed by atoms with Crippen molar-refractivity contribution in [2.45, 2.75) is 19.3 Å². The fourth-order valence-corrected chi connectivity index (χ4v) is 1.97. The van der Waals surface area contributed by atoms with Gasteiger partial charge in [0, 0.05) is 19.3 Å². The zero-order valence-corrected chi connectivity index (χ0v) is 12.9. The maximum absolute atomic E-state index is 12.8. The minimum Gasteiger partial charge on any atom is -0.508 e. The first-order valence-corrected chi connectivity index (χ1v) is 7.40. The summed E-state index contributed by atoms with van der Waals surface area (Å²) in [5.74, 6) is -0.662. The van der Waals surface area contributed by atoms with Crippen molar-refractivity contribution < 1.29 is 19.1 Å². The number of phenols is 1. The van der Waals surface area contributed by atoms with E-state index in [0.29, 0.717) is 5.56 Å². The Hall–Kier alpha value is -3.02. The number of aromatic hydroxyl groups is 1. The molecular weight excluding hydrogens is 311 g/mol. The number of nitrogens with one attached hydrogen (secondary N) is 1. The number of nitrogens with zero attached hydrogens (tertiary/aromatic N) is 1. The van der Waals surface area contributed by atoms with Crippen LogP contribution < -0.4 is 5.43 Å². The number of ketones is 1. The second-order valence-electron chi connectivity index (χ2n) is 5.23. The summed E-state index contributed by atoms with van der Waals surface area (Å²) < 4.78 is 12.8. The minimum absolute atomic E-state index is 0.0347. The molecule has 0 fully saturated rings. The average Bonchev–Trinajstić information content (AvgIpc) is 2.57. The van der Waals surface area contributed by atoms with E-state index in [1.807, 2.05) is 0 Å². The van der Waals surface area contributed by atoms with E-state index in [9.17, 15) is 14.0 Å². The largest absolute Gasteiger partial charge is 0.508 e. The minimum atomic E-state index is -0.363. The van der Waals surface area contributed by atoms with Crippen LogP contribution in [0.25, 0.3) is 0 Å². The maximum Gasteiger partial charge on any atom is 0.240 e. The fraction of sp³-hybridized carbons (Fsp3) is 0.167. The average molecular weight is 328 g/mol. The van der Waals surface area contributed by atoms with Gasteiger partial charge in [0.1, 0.15) is 17.3 Å². The summed E-state index contributed by atoms with van der Waals surface area (Å²) in [4.78, 5) is 23.4. The third-order valence-corrected chi connectivity index (χ3v) is 3.24. The molecule has 0 heterocycles. The van der Waals surface area contributed by atoms with Crippen LogP contribution in [-0.4, -0.2) is 23.0 Å². The first-order chi connectivity index (χ1) is 11.5. The van der Waals surface area contributed by atoms with Gasteiger partial charge in [-0.3, -0.25) is 9.59 Å². The van der Waals surface area contributed by atoms with Crippen molar-refractivity contribution in [2.75, 3.05) is 0 Å². The van der Waals surface area contributed by atoms with Crippen molar-refractivity contribution in [3.05, 3.63) is 65.5 Å². The van der Waals surface area contributed by atoms with E-state index in [2.05, 4.69) is 10.5 Å². The Kier molecular flexibility index (Phi) is 6.19. The Bertz CT molecular complexity index is 725. The zero-order chi connectivity index (χ0) is 17.4. The summed E-state index contributed by atoms with van der Waals surface area (Å²) in [7, 11) is 0. The van der Waals surface area contributed by atoms with Crippen LogP contribution in [0.3, 0.4) is 0 Å². The molecule has 0 spiro atoms. The molecule has 2 N–H and O–H groups in total. The summed E-state index contributed by atoms with van der Waals surface area (Å²) in [5.41, 5.74) is 3.78. The molecule has 0 saturated heterocycles. The van der Waals surface area contributed by atoms with Gasteiger partial charge in [0.25, 0.3) is 0 Å². The van der Waals surface area contributed by atoms with Crippen LogP contribution in [0, 0.1) is 5.82 Å². The summed E-state index contributed by atoms with van der Waals surface area (Å²) >= 11 is 0. The smallest absolute Gasteiger partial charge is 0.240 e. The first kappa shape index (κ1) is 17.3. The number of carbonyl (C=O) groups excluding carboxylic acids is 2. The highest BCUT2D eigenvalue weighted by atomic mass is 19.1. The van der Waals surface area contributed by atoms with Gasteiger partial charge < -0.3 is 5.11 Å².